The lowest BCUT2D eigenvalue weighted by Crippen LogP contribution is -2.29. The van der Waals surface area contributed by atoms with Crippen LogP contribution in [0.2, 0.25) is 5.15 Å². The van der Waals surface area contributed by atoms with Gasteiger partial charge in [0.1, 0.15) is 5.75 Å². The van der Waals surface area contributed by atoms with Crippen LogP contribution in [0.15, 0.2) is 29.4 Å². The Kier molecular flexibility index (Phi) is 5.32. The van der Waals surface area contributed by atoms with Crippen molar-refractivity contribution < 1.29 is 9.90 Å². The summed E-state index contributed by atoms with van der Waals surface area (Å²) in [7, 11) is 0. The minimum absolute atomic E-state index is 0.0308. The van der Waals surface area contributed by atoms with E-state index >= 15 is 0 Å². The quantitative estimate of drug-likeness (QED) is 0.644. The van der Waals surface area contributed by atoms with Gasteiger partial charge in [0.05, 0.1) is 11.1 Å². The Morgan fingerprint density at radius 1 is 1.38 bits per heavy atom. The number of nitrogens with zero attached hydrogens (tertiary/aromatic N) is 3. The number of piperidine rings is 1. The van der Waals surface area contributed by atoms with Crippen LogP contribution in [0, 0.1) is 0 Å². The van der Waals surface area contributed by atoms with Gasteiger partial charge in [0.2, 0.25) is 0 Å². The lowest BCUT2D eigenvalue weighted by molar-refractivity contribution is 0.0954. The summed E-state index contributed by atoms with van der Waals surface area (Å²) in [6.07, 6.45) is 5.08. The van der Waals surface area contributed by atoms with Gasteiger partial charge in [-0.3, -0.25) is 4.79 Å². The number of carbonyl (C=O) groups is 1. The third kappa shape index (κ3) is 4.04. The van der Waals surface area contributed by atoms with E-state index in [1.807, 2.05) is 0 Å². The topological polar surface area (TPSA) is 77.8 Å². The van der Waals surface area contributed by atoms with Crippen molar-refractivity contribution in [2.45, 2.75) is 19.3 Å². The van der Waals surface area contributed by atoms with Crippen LogP contribution in [0.4, 0.5) is 5.13 Å². The Bertz CT molecular complexity index is 756. The fraction of sp³-hybridized carbons (Fsp3) is 0.312. The first-order valence-electron chi connectivity index (χ1n) is 7.67. The zero-order valence-corrected chi connectivity index (χ0v) is 14.5. The van der Waals surface area contributed by atoms with E-state index in [0.29, 0.717) is 15.6 Å². The van der Waals surface area contributed by atoms with Gasteiger partial charge in [-0.1, -0.05) is 29.0 Å². The number of phenols is 1. The minimum atomic E-state index is -0.404. The molecule has 0 atom stereocenters. The molecule has 1 aromatic heterocycles. The normalized spacial score (nSPS) is 15.0. The third-order valence-electron chi connectivity index (χ3n) is 3.68. The summed E-state index contributed by atoms with van der Waals surface area (Å²) in [5, 5.41) is 14.6. The molecule has 0 spiro atoms. The zero-order chi connectivity index (χ0) is 16.9. The van der Waals surface area contributed by atoms with E-state index in [2.05, 4.69) is 20.4 Å². The molecule has 2 heterocycles. The number of benzene rings is 1. The van der Waals surface area contributed by atoms with Crippen molar-refractivity contribution in [3.63, 3.8) is 0 Å². The lowest BCUT2D eigenvalue weighted by Gasteiger charge is -2.25. The fourth-order valence-corrected chi connectivity index (χ4v) is 3.64. The van der Waals surface area contributed by atoms with Crippen LogP contribution < -0.4 is 10.3 Å². The number of carbonyl (C=O) groups excluding carboxylic acids is 1. The molecule has 2 aromatic rings. The van der Waals surface area contributed by atoms with Gasteiger partial charge in [-0.05, 0) is 37.5 Å². The molecule has 8 heteroatoms. The first-order valence-corrected chi connectivity index (χ1v) is 8.86. The predicted molar refractivity (Wildman–Crippen MR) is 96.4 cm³/mol. The molecule has 0 unspecified atom stereocenters. The fourth-order valence-electron chi connectivity index (χ4n) is 2.46. The van der Waals surface area contributed by atoms with Crippen LogP contribution in [-0.2, 0) is 0 Å². The molecule has 1 aromatic carbocycles. The van der Waals surface area contributed by atoms with Crippen LogP contribution in [0.5, 0.6) is 5.75 Å². The van der Waals surface area contributed by atoms with Crippen molar-refractivity contribution in [3.8, 4) is 5.75 Å². The van der Waals surface area contributed by atoms with Gasteiger partial charge in [-0.25, -0.2) is 10.4 Å². The van der Waals surface area contributed by atoms with Crippen molar-refractivity contribution >= 4 is 40.2 Å². The summed E-state index contributed by atoms with van der Waals surface area (Å²) >= 11 is 7.61. The molecule has 6 nitrogen and oxygen atoms in total. The second kappa shape index (κ2) is 7.63. The summed E-state index contributed by atoms with van der Waals surface area (Å²) in [6.45, 7) is 1.99. The molecule has 126 valence electrons. The zero-order valence-electron chi connectivity index (χ0n) is 12.9. The molecule has 1 aliphatic rings. The number of thiazole rings is 1. The van der Waals surface area contributed by atoms with E-state index in [0.717, 1.165) is 18.2 Å². The molecule has 0 saturated carbocycles. The highest BCUT2D eigenvalue weighted by Gasteiger charge is 2.16. The van der Waals surface area contributed by atoms with Crippen LogP contribution in [0.25, 0.3) is 0 Å². The summed E-state index contributed by atoms with van der Waals surface area (Å²) in [6, 6.07) is 6.07. The van der Waals surface area contributed by atoms with E-state index in [1.165, 1.54) is 48.9 Å². The van der Waals surface area contributed by atoms with E-state index < -0.39 is 5.91 Å². The van der Waals surface area contributed by atoms with Gasteiger partial charge in [0.15, 0.2) is 10.3 Å². The van der Waals surface area contributed by atoms with Gasteiger partial charge in [-0.15, -0.1) is 0 Å². The summed E-state index contributed by atoms with van der Waals surface area (Å²) in [4.78, 5) is 19.2. The number of aromatic hydroxyl groups is 1. The van der Waals surface area contributed by atoms with E-state index in [-0.39, 0.29) is 5.75 Å². The highest BCUT2D eigenvalue weighted by molar-refractivity contribution is 7.17. The number of phenolic OH excluding ortho intramolecular Hbond substituents is 1. The number of aromatic nitrogens is 1. The number of anilines is 1. The Hall–Kier alpha value is -2.12. The maximum Gasteiger partial charge on any atom is 0.271 e. The molecule has 2 N–H and O–H groups in total. The monoisotopic (exact) mass is 364 g/mol. The lowest BCUT2D eigenvalue weighted by atomic mass is 10.1. The number of rotatable bonds is 4. The number of hydrogen-bond acceptors (Lipinski definition) is 6. The van der Waals surface area contributed by atoms with Crippen LogP contribution in [0.3, 0.4) is 0 Å². The van der Waals surface area contributed by atoms with E-state index in [9.17, 15) is 9.90 Å². The number of nitrogens with one attached hydrogen (secondary N) is 1. The average Bonchev–Trinajstić information content (AvgIpc) is 2.96. The van der Waals surface area contributed by atoms with Gasteiger partial charge in [0, 0.05) is 18.7 Å². The number of hydrogen-bond donors (Lipinski definition) is 2. The largest absolute Gasteiger partial charge is 0.508 e. The second-order valence-corrected chi connectivity index (χ2v) is 6.82. The molecule has 1 aliphatic heterocycles. The summed E-state index contributed by atoms with van der Waals surface area (Å²) in [5.41, 5.74) is 2.75. The molecule has 0 aliphatic carbocycles. The Morgan fingerprint density at radius 3 is 2.92 bits per heavy atom. The highest BCUT2D eigenvalue weighted by atomic mass is 35.5. The van der Waals surface area contributed by atoms with Crippen molar-refractivity contribution in [2.75, 3.05) is 18.0 Å². The van der Waals surface area contributed by atoms with Gasteiger partial charge in [0.25, 0.3) is 5.91 Å². The van der Waals surface area contributed by atoms with Crippen molar-refractivity contribution in [3.05, 3.63) is 39.9 Å². The van der Waals surface area contributed by atoms with Gasteiger partial charge < -0.3 is 10.0 Å². The maximum atomic E-state index is 11.9. The standard InChI is InChI=1S/C16H17ClN4O2S/c17-14-13(24-16(19-14)21-7-2-1-3-8-21)10-18-20-15(23)11-5-4-6-12(22)9-11/h4-6,9-10,22H,1-3,7-8H2,(H,20,23)/b18-10-. The molecular formula is C16H17ClN4O2S. The number of amides is 1. The Morgan fingerprint density at radius 2 is 2.17 bits per heavy atom. The minimum Gasteiger partial charge on any atom is -0.508 e. The number of halogens is 1. The van der Waals surface area contributed by atoms with Crippen LogP contribution >= 0.6 is 22.9 Å². The second-order valence-electron chi connectivity index (χ2n) is 5.45. The summed E-state index contributed by atoms with van der Waals surface area (Å²) in [5.74, 6) is -0.373. The van der Waals surface area contributed by atoms with Crippen LogP contribution in [-0.4, -0.2) is 35.3 Å². The SMILES string of the molecule is O=C(N/N=C\c1sc(N2CCCCC2)nc1Cl)c1cccc(O)c1. The van der Waals surface area contributed by atoms with Crippen molar-refractivity contribution in [2.24, 2.45) is 5.10 Å². The van der Waals surface area contributed by atoms with E-state index in [4.69, 9.17) is 11.6 Å². The van der Waals surface area contributed by atoms with Crippen molar-refractivity contribution in [1.29, 1.82) is 0 Å². The molecular weight excluding hydrogens is 348 g/mol. The van der Waals surface area contributed by atoms with Gasteiger partial charge >= 0.3 is 0 Å². The number of hydrazone groups is 1. The van der Waals surface area contributed by atoms with Crippen molar-refractivity contribution in [1.82, 2.24) is 10.4 Å². The Balaban J connectivity index is 1.64. The summed E-state index contributed by atoms with van der Waals surface area (Å²) < 4.78 is 0. The first kappa shape index (κ1) is 16.7. The molecule has 1 amide bonds. The molecule has 3 rings (SSSR count). The molecule has 24 heavy (non-hydrogen) atoms. The predicted octanol–water partition coefficient (Wildman–Crippen LogP) is 3.26. The maximum absolute atomic E-state index is 11.9. The average molecular weight is 365 g/mol. The molecule has 0 bridgehead atoms. The smallest absolute Gasteiger partial charge is 0.271 e. The van der Waals surface area contributed by atoms with Gasteiger partial charge in [-0.2, -0.15) is 5.10 Å². The van der Waals surface area contributed by atoms with Crippen LogP contribution in [0.1, 0.15) is 34.5 Å². The molecule has 1 fully saturated rings. The molecule has 0 radical (unpaired) electrons. The highest BCUT2D eigenvalue weighted by Crippen LogP contribution is 2.30. The molecule has 1 saturated heterocycles. The third-order valence-corrected chi connectivity index (χ3v) is 5.13. The van der Waals surface area contributed by atoms with E-state index in [1.54, 1.807) is 12.1 Å². The Labute approximate surface area is 148 Å². The first-order chi connectivity index (χ1) is 11.6.